The van der Waals surface area contributed by atoms with Crippen LogP contribution in [-0.2, 0) is 6.42 Å². The highest BCUT2D eigenvalue weighted by molar-refractivity contribution is 5.56. The van der Waals surface area contributed by atoms with E-state index in [0.29, 0.717) is 6.04 Å². The Morgan fingerprint density at radius 3 is 2.85 bits per heavy atom. The molecule has 1 aliphatic rings. The van der Waals surface area contributed by atoms with Gasteiger partial charge in [0.15, 0.2) is 5.82 Å². The van der Waals surface area contributed by atoms with Crippen molar-refractivity contribution < 1.29 is 0 Å². The first-order valence-corrected chi connectivity index (χ1v) is 7.61. The SMILES string of the molecule is CC(N)Cc1c(N(C)C2CCCC2)nc2ccccn12. The van der Waals surface area contributed by atoms with E-state index in [1.54, 1.807) is 0 Å². The van der Waals surface area contributed by atoms with Gasteiger partial charge in [-0.1, -0.05) is 18.9 Å². The predicted molar refractivity (Wildman–Crippen MR) is 83.2 cm³/mol. The zero-order valence-electron chi connectivity index (χ0n) is 12.4. The van der Waals surface area contributed by atoms with Gasteiger partial charge in [0.1, 0.15) is 5.65 Å². The lowest BCUT2D eigenvalue weighted by Crippen LogP contribution is -2.31. The fourth-order valence-electron chi connectivity index (χ4n) is 3.28. The van der Waals surface area contributed by atoms with Gasteiger partial charge in [0.2, 0.25) is 0 Å². The topological polar surface area (TPSA) is 46.6 Å². The number of nitrogens with zero attached hydrogens (tertiary/aromatic N) is 3. The summed E-state index contributed by atoms with van der Waals surface area (Å²) in [4.78, 5) is 7.22. The predicted octanol–water partition coefficient (Wildman–Crippen LogP) is 2.60. The van der Waals surface area contributed by atoms with Crippen LogP contribution in [0, 0.1) is 0 Å². The third kappa shape index (κ3) is 2.40. The second-order valence-electron chi connectivity index (χ2n) is 6.04. The molecule has 20 heavy (non-hydrogen) atoms. The first kappa shape index (κ1) is 13.4. The molecule has 0 aliphatic heterocycles. The van der Waals surface area contributed by atoms with Gasteiger partial charge in [0, 0.05) is 31.7 Å². The minimum absolute atomic E-state index is 0.144. The molecule has 1 atom stereocenters. The zero-order chi connectivity index (χ0) is 14.1. The van der Waals surface area contributed by atoms with Gasteiger partial charge in [-0.15, -0.1) is 0 Å². The van der Waals surface area contributed by atoms with Crippen LogP contribution in [0.15, 0.2) is 24.4 Å². The summed E-state index contributed by atoms with van der Waals surface area (Å²) in [5.74, 6) is 1.11. The summed E-state index contributed by atoms with van der Waals surface area (Å²) < 4.78 is 2.18. The second kappa shape index (κ2) is 5.44. The van der Waals surface area contributed by atoms with Crippen LogP contribution in [0.3, 0.4) is 0 Å². The van der Waals surface area contributed by atoms with E-state index in [1.165, 1.54) is 31.4 Å². The molecular weight excluding hydrogens is 248 g/mol. The smallest absolute Gasteiger partial charge is 0.151 e. The molecule has 2 N–H and O–H groups in total. The molecule has 108 valence electrons. The molecule has 2 heterocycles. The summed E-state index contributed by atoms with van der Waals surface area (Å²) >= 11 is 0. The Hall–Kier alpha value is -1.55. The van der Waals surface area contributed by atoms with E-state index in [1.807, 2.05) is 6.07 Å². The highest BCUT2D eigenvalue weighted by Gasteiger charge is 2.24. The van der Waals surface area contributed by atoms with Crippen molar-refractivity contribution in [1.82, 2.24) is 9.38 Å². The van der Waals surface area contributed by atoms with Crippen molar-refractivity contribution in [1.29, 1.82) is 0 Å². The first-order chi connectivity index (χ1) is 9.66. The van der Waals surface area contributed by atoms with Crippen LogP contribution in [-0.4, -0.2) is 28.5 Å². The number of aromatic nitrogens is 2. The minimum atomic E-state index is 0.144. The van der Waals surface area contributed by atoms with Crippen LogP contribution >= 0.6 is 0 Å². The summed E-state index contributed by atoms with van der Waals surface area (Å²) in [7, 11) is 2.18. The van der Waals surface area contributed by atoms with Crippen LogP contribution in [0.5, 0.6) is 0 Å². The van der Waals surface area contributed by atoms with Gasteiger partial charge in [0.05, 0.1) is 5.69 Å². The quantitative estimate of drug-likeness (QED) is 0.930. The molecule has 1 unspecified atom stereocenters. The lowest BCUT2D eigenvalue weighted by molar-refractivity contribution is 0.639. The van der Waals surface area contributed by atoms with Gasteiger partial charge in [-0.05, 0) is 31.9 Å². The van der Waals surface area contributed by atoms with Crippen molar-refractivity contribution in [3.8, 4) is 0 Å². The average Bonchev–Trinajstić information content (AvgIpc) is 3.06. The number of rotatable bonds is 4. The van der Waals surface area contributed by atoms with Crippen LogP contribution in [0.2, 0.25) is 0 Å². The third-order valence-electron chi connectivity index (χ3n) is 4.33. The molecular formula is C16H24N4. The molecule has 1 aliphatic carbocycles. The van der Waals surface area contributed by atoms with E-state index < -0.39 is 0 Å². The Morgan fingerprint density at radius 2 is 2.15 bits per heavy atom. The molecule has 1 saturated carbocycles. The number of hydrogen-bond donors (Lipinski definition) is 1. The Bertz CT molecular complexity index is 581. The fraction of sp³-hybridized carbons (Fsp3) is 0.562. The van der Waals surface area contributed by atoms with Gasteiger partial charge in [-0.2, -0.15) is 0 Å². The Kier molecular flexibility index (Phi) is 3.66. The first-order valence-electron chi connectivity index (χ1n) is 7.61. The molecule has 0 spiro atoms. The highest BCUT2D eigenvalue weighted by atomic mass is 15.2. The maximum absolute atomic E-state index is 6.04. The number of hydrogen-bond acceptors (Lipinski definition) is 3. The normalized spacial score (nSPS) is 17.8. The van der Waals surface area contributed by atoms with Gasteiger partial charge in [-0.25, -0.2) is 4.98 Å². The number of pyridine rings is 1. The van der Waals surface area contributed by atoms with Crippen molar-refractivity contribution in [2.45, 2.75) is 51.1 Å². The second-order valence-corrected chi connectivity index (χ2v) is 6.04. The van der Waals surface area contributed by atoms with Crippen molar-refractivity contribution in [3.05, 3.63) is 30.1 Å². The van der Waals surface area contributed by atoms with Crippen molar-refractivity contribution in [2.24, 2.45) is 5.73 Å². The van der Waals surface area contributed by atoms with Crippen LogP contribution in [0.4, 0.5) is 5.82 Å². The summed E-state index contributed by atoms with van der Waals surface area (Å²) in [5, 5.41) is 0. The molecule has 0 aromatic carbocycles. The largest absolute Gasteiger partial charge is 0.355 e. The van der Waals surface area contributed by atoms with Crippen molar-refractivity contribution in [2.75, 3.05) is 11.9 Å². The standard InChI is InChI=1S/C16H24N4/c1-12(17)11-14-16(19(2)13-7-3-4-8-13)18-15-9-5-6-10-20(14)15/h5-6,9-10,12-13H,3-4,7-8,11,17H2,1-2H3. The van der Waals surface area contributed by atoms with E-state index in [0.717, 1.165) is 17.9 Å². The van der Waals surface area contributed by atoms with Crippen molar-refractivity contribution >= 4 is 11.5 Å². The van der Waals surface area contributed by atoms with E-state index in [9.17, 15) is 0 Å². The molecule has 0 amide bonds. The maximum atomic E-state index is 6.04. The monoisotopic (exact) mass is 272 g/mol. The summed E-state index contributed by atoms with van der Waals surface area (Å²) in [5.41, 5.74) is 8.29. The molecule has 2 aromatic rings. The average molecular weight is 272 g/mol. The van der Waals surface area contributed by atoms with E-state index in [4.69, 9.17) is 10.7 Å². The van der Waals surface area contributed by atoms with Gasteiger partial charge < -0.3 is 15.0 Å². The summed E-state index contributed by atoms with van der Waals surface area (Å²) in [6.07, 6.45) is 8.18. The molecule has 1 fully saturated rings. The molecule has 3 rings (SSSR count). The van der Waals surface area contributed by atoms with Crippen LogP contribution < -0.4 is 10.6 Å². The molecule has 0 radical (unpaired) electrons. The number of fused-ring (bicyclic) bond motifs is 1. The number of anilines is 1. The van der Waals surface area contributed by atoms with E-state index in [-0.39, 0.29) is 6.04 Å². The molecule has 0 bridgehead atoms. The highest BCUT2D eigenvalue weighted by Crippen LogP contribution is 2.29. The maximum Gasteiger partial charge on any atom is 0.151 e. The molecule has 4 heteroatoms. The third-order valence-corrected chi connectivity index (χ3v) is 4.33. The lowest BCUT2D eigenvalue weighted by Gasteiger charge is -2.25. The van der Waals surface area contributed by atoms with E-state index >= 15 is 0 Å². The number of nitrogens with two attached hydrogens (primary N) is 1. The summed E-state index contributed by atoms with van der Waals surface area (Å²) in [6, 6.07) is 6.93. The minimum Gasteiger partial charge on any atom is -0.355 e. The fourth-order valence-corrected chi connectivity index (χ4v) is 3.28. The van der Waals surface area contributed by atoms with Crippen LogP contribution in [0.25, 0.3) is 5.65 Å². The van der Waals surface area contributed by atoms with Gasteiger partial charge in [-0.3, -0.25) is 0 Å². The summed E-state index contributed by atoms with van der Waals surface area (Å²) in [6.45, 7) is 2.06. The number of imidazole rings is 1. The Labute approximate surface area is 120 Å². The van der Waals surface area contributed by atoms with Crippen molar-refractivity contribution in [3.63, 3.8) is 0 Å². The van der Waals surface area contributed by atoms with E-state index in [2.05, 4.69) is 41.6 Å². The zero-order valence-corrected chi connectivity index (χ0v) is 12.4. The Morgan fingerprint density at radius 1 is 1.40 bits per heavy atom. The lowest BCUT2D eigenvalue weighted by atomic mass is 10.1. The van der Waals surface area contributed by atoms with Gasteiger partial charge in [0.25, 0.3) is 0 Å². The molecule has 4 nitrogen and oxygen atoms in total. The Balaban J connectivity index is 2.03. The van der Waals surface area contributed by atoms with Gasteiger partial charge >= 0.3 is 0 Å². The molecule has 2 aromatic heterocycles. The molecule has 0 saturated heterocycles. The van der Waals surface area contributed by atoms with Crippen LogP contribution in [0.1, 0.15) is 38.3 Å².